The summed E-state index contributed by atoms with van der Waals surface area (Å²) in [7, 11) is 0. The summed E-state index contributed by atoms with van der Waals surface area (Å²) in [6.45, 7) is 4.22. The average Bonchev–Trinajstić information content (AvgIpc) is 3.08. The summed E-state index contributed by atoms with van der Waals surface area (Å²) in [4.78, 5) is 0. The van der Waals surface area contributed by atoms with Crippen LogP contribution in [0.5, 0.6) is 0 Å². The van der Waals surface area contributed by atoms with Crippen molar-refractivity contribution in [2.75, 3.05) is 0 Å². The van der Waals surface area contributed by atoms with Gasteiger partial charge in [-0.2, -0.15) is 0 Å². The molecule has 44 heavy (non-hydrogen) atoms. The molecule has 208 valence electrons. The van der Waals surface area contributed by atoms with Gasteiger partial charge in [0.25, 0.3) is 0 Å². The third-order valence-corrected chi connectivity index (χ3v) is 9.08. The van der Waals surface area contributed by atoms with Crippen LogP contribution in [0.4, 0.5) is 0 Å². The van der Waals surface area contributed by atoms with Crippen LogP contribution in [0.25, 0.3) is 81.7 Å². The van der Waals surface area contributed by atoms with Crippen LogP contribution in [0.3, 0.4) is 0 Å². The molecule has 0 fully saturated rings. The predicted octanol–water partition coefficient (Wildman–Crippen LogP) is 12.8. The van der Waals surface area contributed by atoms with Gasteiger partial charge in [0.2, 0.25) is 0 Å². The molecule has 8 aromatic rings. The Morgan fingerprint density at radius 2 is 1.05 bits per heavy atom. The zero-order chi connectivity index (χ0) is 29.6. The van der Waals surface area contributed by atoms with E-state index in [0.29, 0.717) is 0 Å². The third-order valence-electron chi connectivity index (χ3n) is 9.08. The van der Waals surface area contributed by atoms with Crippen molar-refractivity contribution >= 4 is 59.4 Å². The molecule has 0 saturated carbocycles. The number of rotatable bonds is 4. The Bertz CT molecular complexity index is 2400. The molecule has 0 heterocycles. The van der Waals surface area contributed by atoms with Crippen molar-refractivity contribution in [3.05, 3.63) is 163 Å². The van der Waals surface area contributed by atoms with Crippen LogP contribution in [0.1, 0.15) is 19.4 Å². The summed E-state index contributed by atoms with van der Waals surface area (Å²) < 4.78 is 0. The smallest absolute Gasteiger partial charge is 0.00262 e. The lowest BCUT2D eigenvalue weighted by molar-refractivity contribution is 1.62. The van der Waals surface area contributed by atoms with Gasteiger partial charge in [-0.3, -0.25) is 0 Å². The van der Waals surface area contributed by atoms with Gasteiger partial charge in [0.1, 0.15) is 0 Å². The number of fused-ring (bicyclic) bond motifs is 6. The monoisotopic (exact) mass is 560 g/mol. The Labute approximate surface area is 258 Å². The highest BCUT2D eigenvalue weighted by Crippen LogP contribution is 2.43. The highest BCUT2D eigenvalue weighted by atomic mass is 14.2. The van der Waals surface area contributed by atoms with Crippen molar-refractivity contribution in [1.82, 2.24) is 0 Å². The fraction of sp³-hybridized carbons (Fsp3) is 0.0455. The van der Waals surface area contributed by atoms with Crippen LogP contribution in [-0.2, 0) is 0 Å². The molecule has 0 heteroatoms. The second-order valence-corrected chi connectivity index (χ2v) is 11.6. The molecule has 0 unspecified atom stereocenters. The van der Waals surface area contributed by atoms with E-state index in [-0.39, 0.29) is 0 Å². The summed E-state index contributed by atoms with van der Waals surface area (Å²) in [5.41, 5.74) is 7.55. The molecule has 0 bridgehead atoms. The van der Waals surface area contributed by atoms with E-state index in [9.17, 15) is 0 Å². The van der Waals surface area contributed by atoms with Crippen LogP contribution in [-0.4, -0.2) is 0 Å². The molecule has 0 radical (unpaired) electrons. The van der Waals surface area contributed by atoms with Crippen molar-refractivity contribution < 1.29 is 0 Å². The first kappa shape index (κ1) is 26.2. The average molecular weight is 561 g/mol. The fourth-order valence-corrected chi connectivity index (χ4v) is 7.13. The summed E-state index contributed by atoms with van der Waals surface area (Å²) in [5, 5.41) is 12.8. The Morgan fingerprint density at radius 1 is 0.432 bits per heavy atom. The van der Waals surface area contributed by atoms with Gasteiger partial charge < -0.3 is 0 Å². The molecule has 0 amide bonds. The van der Waals surface area contributed by atoms with Crippen LogP contribution in [0.2, 0.25) is 0 Å². The SMILES string of the molecule is C/C=C\C(=C/C)c1c2ccccc2c(-c2cccc(-c3cccc4c3ccc3cc5ccccc5cc34)c2)c2ccccc12. The third kappa shape index (κ3) is 4.14. The standard InChI is InChI=1S/C44H32/c1-3-13-29(4-2)43-38-18-7-9-20-40(38)44(41-21-10-8-19-39(41)43)34-17-11-16-32(27-34)35-22-12-23-36-37(35)25-24-33-26-30-14-5-6-15-31(30)28-42(33)36/h3-28H,1-2H3/b13-3-,29-4+. The van der Waals surface area contributed by atoms with Gasteiger partial charge >= 0.3 is 0 Å². The zero-order valence-corrected chi connectivity index (χ0v) is 25.0. The largest absolute Gasteiger partial charge is 0.0871 e. The molecule has 8 rings (SSSR count). The van der Waals surface area contributed by atoms with Crippen molar-refractivity contribution in [3.8, 4) is 22.3 Å². The lowest BCUT2D eigenvalue weighted by Crippen LogP contribution is -1.93. The lowest BCUT2D eigenvalue weighted by atomic mass is 9.85. The summed E-state index contributed by atoms with van der Waals surface area (Å²) >= 11 is 0. The second kappa shape index (κ2) is 10.7. The first-order valence-corrected chi connectivity index (χ1v) is 15.4. The minimum absolute atomic E-state index is 1.23. The first-order valence-electron chi connectivity index (χ1n) is 15.4. The van der Waals surface area contributed by atoms with Crippen LogP contribution < -0.4 is 0 Å². The molecular formula is C44H32. The lowest BCUT2D eigenvalue weighted by Gasteiger charge is -2.19. The molecule has 0 aliphatic carbocycles. The molecule has 0 atom stereocenters. The van der Waals surface area contributed by atoms with E-state index in [1.807, 2.05) is 0 Å². The van der Waals surface area contributed by atoms with Gasteiger partial charge in [0.15, 0.2) is 0 Å². The van der Waals surface area contributed by atoms with E-state index in [0.717, 1.165) is 0 Å². The Balaban J connectivity index is 1.38. The molecular weight excluding hydrogens is 528 g/mol. The van der Waals surface area contributed by atoms with E-state index in [1.165, 1.54) is 87.3 Å². The van der Waals surface area contributed by atoms with Crippen LogP contribution >= 0.6 is 0 Å². The Morgan fingerprint density at radius 3 is 1.75 bits per heavy atom. The number of benzene rings is 8. The minimum Gasteiger partial charge on any atom is -0.0871 e. The number of hydrogen-bond donors (Lipinski definition) is 0. The van der Waals surface area contributed by atoms with Crippen LogP contribution in [0.15, 0.2) is 158 Å². The maximum atomic E-state index is 2.38. The second-order valence-electron chi connectivity index (χ2n) is 11.6. The molecule has 0 spiro atoms. The Kier molecular flexibility index (Phi) is 6.35. The maximum absolute atomic E-state index is 2.38. The maximum Gasteiger partial charge on any atom is -0.00262 e. The van der Waals surface area contributed by atoms with Gasteiger partial charge in [0, 0.05) is 0 Å². The molecule has 0 aliphatic heterocycles. The predicted molar refractivity (Wildman–Crippen MR) is 193 cm³/mol. The van der Waals surface area contributed by atoms with Crippen molar-refractivity contribution in [3.63, 3.8) is 0 Å². The van der Waals surface area contributed by atoms with Gasteiger partial charge in [0.05, 0.1) is 0 Å². The van der Waals surface area contributed by atoms with Crippen molar-refractivity contribution in [2.45, 2.75) is 13.8 Å². The molecule has 0 saturated heterocycles. The van der Waals surface area contributed by atoms with Gasteiger partial charge in [-0.15, -0.1) is 0 Å². The van der Waals surface area contributed by atoms with Gasteiger partial charge in [-0.05, 0) is 119 Å². The molecule has 0 aliphatic rings. The summed E-state index contributed by atoms with van der Waals surface area (Å²) in [6.07, 6.45) is 6.58. The van der Waals surface area contributed by atoms with Gasteiger partial charge in [-0.25, -0.2) is 0 Å². The quantitative estimate of drug-likeness (QED) is 0.114. The molecule has 8 aromatic carbocycles. The minimum atomic E-state index is 1.23. The topological polar surface area (TPSA) is 0 Å². The Hall–Kier alpha value is -5.46. The van der Waals surface area contributed by atoms with E-state index in [2.05, 4.69) is 172 Å². The zero-order valence-electron chi connectivity index (χ0n) is 25.0. The number of hydrogen-bond acceptors (Lipinski definition) is 0. The highest BCUT2D eigenvalue weighted by Gasteiger charge is 2.17. The van der Waals surface area contributed by atoms with E-state index in [1.54, 1.807) is 0 Å². The highest BCUT2D eigenvalue weighted by molar-refractivity contribution is 6.20. The van der Waals surface area contributed by atoms with Crippen molar-refractivity contribution in [1.29, 1.82) is 0 Å². The van der Waals surface area contributed by atoms with Crippen molar-refractivity contribution in [2.24, 2.45) is 0 Å². The number of allylic oxidation sites excluding steroid dienone is 4. The molecule has 0 N–H and O–H groups in total. The normalized spacial score (nSPS) is 12.4. The first-order chi connectivity index (χ1) is 21.7. The fourth-order valence-electron chi connectivity index (χ4n) is 7.13. The van der Waals surface area contributed by atoms with E-state index < -0.39 is 0 Å². The van der Waals surface area contributed by atoms with E-state index >= 15 is 0 Å². The summed E-state index contributed by atoms with van der Waals surface area (Å²) in [5.74, 6) is 0. The van der Waals surface area contributed by atoms with Crippen LogP contribution in [0, 0.1) is 0 Å². The van der Waals surface area contributed by atoms with Gasteiger partial charge in [-0.1, -0.05) is 140 Å². The summed E-state index contributed by atoms with van der Waals surface area (Å²) in [6, 6.07) is 51.5. The molecule has 0 aromatic heterocycles. The molecule has 0 nitrogen and oxygen atoms in total. The van der Waals surface area contributed by atoms with E-state index in [4.69, 9.17) is 0 Å².